The van der Waals surface area contributed by atoms with Gasteiger partial charge in [0.2, 0.25) is 6.79 Å². The number of esters is 1. The molecule has 1 aromatic heterocycles. The molecule has 2 aromatic rings. The molecule has 0 spiro atoms. The van der Waals surface area contributed by atoms with E-state index in [4.69, 9.17) is 18.6 Å². The van der Waals surface area contributed by atoms with Crippen molar-refractivity contribution in [2.24, 2.45) is 0 Å². The first kappa shape index (κ1) is 22.3. The average Bonchev–Trinajstić information content (AvgIpc) is 3.61. The number of nitrogens with one attached hydrogen (secondary N) is 2. The van der Waals surface area contributed by atoms with Gasteiger partial charge in [-0.3, -0.25) is 4.90 Å². The van der Waals surface area contributed by atoms with Crippen LogP contribution in [0.1, 0.15) is 50.0 Å². The first-order valence-electron chi connectivity index (χ1n) is 11.8. The summed E-state index contributed by atoms with van der Waals surface area (Å²) in [4.78, 5) is 28.0. The number of furan rings is 1. The summed E-state index contributed by atoms with van der Waals surface area (Å²) < 4.78 is 21.9. The molecule has 1 aromatic carbocycles. The number of carbonyl (C=O) groups is 2. The van der Waals surface area contributed by atoms with Gasteiger partial charge in [0.25, 0.3) is 0 Å². The third-order valence-electron chi connectivity index (χ3n) is 6.50. The van der Waals surface area contributed by atoms with E-state index in [1.165, 1.54) is 6.26 Å². The van der Waals surface area contributed by atoms with Crippen LogP contribution in [0.25, 0.3) is 0 Å². The second-order valence-corrected chi connectivity index (χ2v) is 8.69. The number of amides is 2. The summed E-state index contributed by atoms with van der Waals surface area (Å²) in [5, 5.41) is 5.69. The maximum atomic E-state index is 13.0. The van der Waals surface area contributed by atoms with Crippen LogP contribution in [-0.2, 0) is 16.1 Å². The Kier molecular flexibility index (Phi) is 6.44. The highest BCUT2D eigenvalue weighted by atomic mass is 16.7. The first-order valence-corrected chi connectivity index (χ1v) is 11.8. The number of carbonyl (C=O) groups excluding carboxylic acids is 2. The molecule has 3 aliphatic rings. The fourth-order valence-corrected chi connectivity index (χ4v) is 4.92. The number of benzene rings is 1. The summed E-state index contributed by atoms with van der Waals surface area (Å²) in [5.74, 6) is 1.50. The van der Waals surface area contributed by atoms with Gasteiger partial charge in [-0.25, -0.2) is 9.59 Å². The largest absolute Gasteiger partial charge is 0.467 e. The van der Waals surface area contributed by atoms with Gasteiger partial charge < -0.3 is 29.3 Å². The van der Waals surface area contributed by atoms with Crippen LogP contribution in [0.5, 0.6) is 11.5 Å². The van der Waals surface area contributed by atoms with E-state index in [0.717, 1.165) is 42.7 Å². The van der Waals surface area contributed by atoms with E-state index in [2.05, 4.69) is 15.5 Å². The minimum atomic E-state index is -0.714. The molecule has 5 rings (SSSR count). The lowest BCUT2D eigenvalue weighted by molar-refractivity contribution is -0.139. The lowest BCUT2D eigenvalue weighted by atomic mass is 9.99. The topological polar surface area (TPSA) is 102 Å². The van der Waals surface area contributed by atoms with E-state index in [0.29, 0.717) is 36.2 Å². The van der Waals surface area contributed by atoms with Crippen molar-refractivity contribution in [3.05, 3.63) is 59.2 Å². The van der Waals surface area contributed by atoms with Gasteiger partial charge in [0.05, 0.1) is 18.4 Å². The molecule has 1 fully saturated rings. The number of urea groups is 1. The highest BCUT2D eigenvalue weighted by molar-refractivity contribution is 5.95. The van der Waals surface area contributed by atoms with Crippen molar-refractivity contribution < 1.29 is 28.2 Å². The highest BCUT2D eigenvalue weighted by Crippen LogP contribution is 2.35. The molecule has 1 aliphatic carbocycles. The van der Waals surface area contributed by atoms with Crippen molar-refractivity contribution >= 4 is 12.0 Å². The van der Waals surface area contributed by atoms with Crippen molar-refractivity contribution in [2.75, 3.05) is 19.9 Å². The van der Waals surface area contributed by atoms with Gasteiger partial charge in [-0.1, -0.05) is 18.9 Å². The van der Waals surface area contributed by atoms with Crippen molar-refractivity contribution in [3.63, 3.8) is 0 Å². The Hall–Kier alpha value is -3.46. The number of nitrogens with zero attached hydrogens (tertiary/aromatic N) is 1. The third kappa shape index (κ3) is 4.61. The van der Waals surface area contributed by atoms with E-state index >= 15 is 0 Å². The average molecular weight is 468 g/mol. The zero-order valence-corrected chi connectivity index (χ0v) is 19.2. The van der Waals surface area contributed by atoms with Crippen molar-refractivity contribution in [1.29, 1.82) is 0 Å². The van der Waals surface area contributed by atoms with Gasteiger partial charge in [0, 0.05) is 24.8 Å². The van der Waals surface area contributed by atoms with Crippen molar-refractivity contribution in [2.45, 2.75) is 51.2 Å². The van der Waals surface area contributed by atoms with E-state index in [1.807, 2.05) is 18.2 Å². The number of rotatable bonds is 8. The molecular formula is C25H29N3O6. The molecule has 0 bridgehead atoms. The molecule has 180 valence electrons. The van der Waals surface area contributed by atoms with E-state index < -0.39 is 12.0 Å². The van der Waals surface area contributed by atoms with Crippen LogP contribution in [-0.4, -0.2) is 42.9 Å². The van der Waals surface area contributed by atoms with Crippen LogP contribution < -0.4 is 20.1 Å². The van der Waals surface area contributed by atoms with Gasteiger partial charge >= 0.3 is 12.0 Å². The monoisotopic (exact) mass is 467 g/mol. The molecule has 3 heterocycles. The quantitative estimate of drug-likeness (QED) is 0.572. The fraction of sp³-hybridized carbons (Fsp3) is 0.440. The highest BCUT2D eigenvalue weighted by Gasteiger charge is 2.37. The lowest BCUT2D eigenvalue weighted by Gasteiger charge is -2.34. The van der Waals surface area contributed by atoms with Crippen molar-refractivity contribution in [3.8, 4) is 11.5 Å². The van der Waals surface area contributed by atoms with Gasteiger partial charge in [-0.15, -0.1) is 0 Å². The second kappa shape index (κ2) is 9.80. The summed E-state index contributed by atoms with van der Waals surface area (Å²) in [6, 6.07) is 8.68. The molecule has 9 nitrogen and oxygen atoms in total. The molecule has 1 saturated carbocycles. The van der Waals surface area contributed by atoms with Crippen LogP contribution in [0, 0.1) is 0 Å². The summed E-state index contributed by atoms with van der Waals surface area (Å²) in [7, 11) is 0. The Morgan fingerprint density at radius 3 is 2.74 bits per heavy atom. The number of hydrogen-bond donors (Lipinski definition) is 2. The molecule has 0 radical (unpaired) electrons. The standard InChI is InChI=1S/C25H29N3O6/c1-2-31-24(29)22-18(26-25(30)27-23(22)20-8-5-11-32-20)14-28(17-6-3-4-7-17)13-16-9-10-19-21(12-16)34-15-33-19/h5,8-12,17,23H,2-4,6-7,13-15H2,1H3,(H2,26,27,30)/t23-/m1/s1. The summed E-state index contributed by atoms with van der Waals surface area (Å²) in [5.41, 5.74) is 1.98. The van der Waals surface area contributed by atoms with Gasteiger partial charge in [0.15, 0.2) is 11.5 Å². The third-order valence-corrected chi connectivity index (χ3v) is 6.50. The molecule has 34 heavy (non-hydrogen) atoms. The van der Waals surface area contributed by atoms with Crippen LogP contribution in [0.15, 0.2) is 52.3 Å². The van der Waals surface area contributed by atoms with E-state index in [9.17, 15) is 9.59 Å². The van der Waals surface area contributed by atoms with Crippen LogP contribution >= 0.6 is 0 Å². The SMILES string of the molecule is CCOC(=O)C1=C(CN(Cc2ccc3c(c2)OCO3)C2CCCC2)NC(=O)N[C@@H]1c1ccco1. The minimum Gasteiger partial charge on any atom is -0.467 e. The van der Waals surface area contributed by atoms with E-state index in [1.54, 1.807) is 19.1 Å². The summed E-state index contributed by atoms with van der Waals surface area (Å²) in [6.07, 6.45) is 5.99. The Morgan fingerprint density at radius 1 is 1.15 bits per heavy atom. The summed E-state index contributed by atoms with van der Waals surface area (Å²) in [6.45, 7) is 3.28. The molecule has 0 unspecified atom stereocenters. The molecule has 2 N–H and O–H groups in total. The number of hydrogen-bond acceptors (Lipinski definition) is 7. The number of ether oxygens (including phenoxy) is 3. The van der Waals surface area contributed by atoms with Gasteiger partial charge in [-0.05, 0) is 49.6 Å². The molecule has 9 heteroatoms. The predicted molar refractivity (Wildman–Crippen MR) is 122 cm³/mol. The van der Waals surface area contributed by atoms with Gasteiger partial charge in [0.1, 0.15) is 11.8 Å². The lowest BCUT2D eigenvalue weighted by Crippen LogP contribution is -2.49. The Balaban J connectivity index is 1.48. The molecule has 2 aliphatic heterocycles. The molecule has 1 atom stereocenters. The zero-order valence-electron chi connectivity index (χ0n) is 19.2. The Bertz CT molecular complexity index is 1070. The second-order valence-electron chi connectivity index (χ2n) is 8.69. The normalized spacial score (nSPS) is 19.9. The number of fused-ring (bicyclic) bond motifs is 1. The maximum absolute atomic E-state index is 13.0. The molecule has 2 amide bonds. The van der Waals surface area contributed by atoms with Gasteiger partial charge in [-0.2, -0.15) is 0 Å². The van der Waals surface area contributed by atoms with Crippen LogP contribution in [0.4, 0.5) is 4.79 Å². The van der Waals surface area contributed by atoms with Crippen molar-refractivity contribution in [1.82, 2.24) is 15.5 Å². The predicted octanol–water partition coefficient (Wildman–Crippen LogP) is 3.62. The van der Waals surface area contributed by atoms with Crippen LogP contribution in [0.2, 0.25) is 0 Å². The van der Waals surface area contributed by atoms with E-state index in [-0.39, 0.29) is 19.4 Å². The Morgan fingerprint density at radius 2 is 1.97 bits per heavy atom. The zero-order chi connectivity index (χ0) is 23.5. The fourth-order valence-electron chi connectivity index (χ4n) is 4.92. The van der Waals surface area contributed by atoms with Crippen LogP contribution in [0.3, 0.4) is 0 Å². The molecule has 0 saturated heterocycles. The summed E-state index contributed by atoms with van der Waals surface area (Å²) >= 11 is 0. The minimum absolute atomic E-state index is 0.230. The Labute approximate surface area is 198 Å². The maximum Gasteiger partial charge on any atom is 0.338 e. The molecular weight excluding hydrogens is 438 g/mol. The smallest absolute Gasteiger partial charge is 0.338 e. The first-order chi connectivity index (χ1) is 16.6.